The van der Waals surface area contributed by atoms with Gasteiger partial charge in [-0.1, -0.05) is 13.8 Å². The summed E-state index contributed by atoms with van der Waals surface area (Å²) < 4.78 is 39.2. The van der Waals surface area contributed by atoms with Gasteiger partial charge in [-0.3, -0.25) is 19.2 Å². The summed E-state index contributed by atoms with van der Waals surface area (Å²) in [5, 5.41) is 8.66. The Morgan fingerprint density at radius 3 is 2.50 bits per heavy atom. The van der Waals surface area contributed by atoms with Crippen LogP contribution >= 0.6 is 0 Å². The molecule has 9 nitrogen and oxygen atoms in total. The number of fused-ring (bicyclic) bond motifs is 1. The Bertz CT molecular complexity index is 879. The number of likely N-dealkylation sites (tertiary alicyclic amines) is 2. The van der Waals surface area contributed by atoms with E-state index in [1.807, 2.05) is 13.8 Å². The van der Waals surface area contributed by atoms with E-state index in [4.69, 9.17) is 0 Å². The molecule has 190 valence electrons. The SMILES string of the molecule is CN[C@H](C[C@@H]1CCNC1=O)NC(=O)[C@@H]1[C@@H]2[C@H](CN1C(=O)[C@@H]1CCCN1C(=O)C(F)(F)F)C2(C)C. The number of hydrogen-bond acceptors (Lipinski definition) is 5. The molecule has 0 aromatic heterocycles. The van der Waals surface area contributed by atoms with E-state index in [0.717, 1.165) is 0 Å². The fourth-order valence-electron chi connectivity index (χ4n) is 6.09. The van der Waals surface area contributed by atoms with Crippen LogP contribution in [-0.4, -0.2) is 84.5 Å². The third kappa shape index (κ3) is 4.25. The van der Waals surface area contributed by atoms with Crippen molar-refractivity contribution in [3.8, 4) is 0 Å². The minimum atomic E-state index is -5.05. The van der Waals surface area contributed by atoms with Gasteiger partial charge < -0.3 is 25.8 Å². The summed E-state index contributed by atoms with van der Waals surface area (Å²) in [5.74, 6) is -3.36. The van der Waals surface area contributed by atoms with Crippen LogP contribution in [0.1, 0.15) is 39.5 Å². The number of piperidine rings is 1. The molecule has 3 heterocycles. The van der Waals surface area contributed by atoms with Gasteiger partial charge in [0.15, 0.2) is 0 Å². The van der Waals surface area contributed by atoms with Crippen LogP contribution in [0.3, 0.4) is 0 Å². The van der Waals surface area contributed by atoms with Crippen LogP contribution < -0.4 is 16.0 Å². The molecular weight excluding hydrogens is 455 g/mol. The van der Waals surface area contributed by atoms with Gasteiger partial charge in [-0.2, -0.15) is 13.2 Å². The molecule has 0 bridgehead atoms. The highest BCUT2D eigenvalue weighted by atomic mass is 19.4. The van der Waals surface area contributed by atoms with E-state index in [1.54, 1.807) is 7.05 Å². The summed E-state index contributed by atoms with van der Waals surface area (Å²) in [6.07, 6.45) is -4.05. The van der Waals surface area contributed by atoms with Gasteiger partial charge in [0.25, 0.3) is 0 Å². The lowest BCUT2D eigenvalue weighted by Crippen LogP contribution is -2.58. The molecule has 0 unspecified atom stereocenters. The van der Waals surface area contributed by atoms with Gasteiger partial charge in [-0.05, 0) is 50.0 Å². The van der Waals surface area contributed by atoms with Crippen LogP contribution in [0, 0.1) is 23.2 Å². The zero-order valence-corrected chi connectivity index (χ0v) is 19.6. The van der Waals surface area contributed by atoms with Crippen molar-refractivity contribution in [3.63, 3.8) is 0 Å². The second-order valence-corrected chi connectivity index (χ2v) is 10.4. The van der Waals surface area contributed by atoms with E-state index < -0.39 is 42.1 Å². The largest absolute Gasteiger partial charge is 0.471 e. The number of rotatable bonds is 6. The van der Waals surface area contributed by atoms with Crippen LogP contribution in [-0.2, 0) is 19.2 Å². The zero-order valence-electron chi connectivity index (χ0n) is 19.6. The van der Waals surface area contributed by atoms with E-state index in [2.05, 4.69) is 16.0 Å². The van der Waals surface area contributed by atoms with Crippen molar-refractivity contribution in [3.05, 3.63) is 0 Å². The maximum atomic E-state index is 13.4. The lowest BCUT2D eigenvalue weighted by atomic mass is 9.98. The van der Waals surface area contributed by atoms with Gasteiger partial charge >= 0.3 is 12.1 Å². The van der Waals surface area contributed by atoms with Crippen LogP contribution in [0.15, 0.2) is 0 Å². The second kappa shape index (κ2) is 8.69. The highest BCUT2D eigenvalue weighted by molar-refractivity contribution is 5.94. The number of nitrogens with zero attached hydrogens (tertiary/aromatic N) is 2. The average molecular weight is 488 g/mol. The van der Waals surface area contributed by atoms with Crippen LogP contribution in [0.5, 0.6) is 0 Å². The van der Waals surface area contributed by atoms with Gasteiger partial charge in [-0.15, -0.1) is 0 Å². The first-order chi connectivity index (χ1) is 15.9. The van der Waals surface area contributed by atoms with Crippen molar-refractivity contribution in [1.82, 2.24) is 25.8 Å². The molecule has 0 spiro atoms. The normalized spacial score (nSPS) is 32.9. The van der Waals surface area contributed by atoms with Crippen molar-refractivity contribution in [2.75, 3.05) is 26.7 Å². The van der Waals surface area contributed by atoms with Gasteiger partial charge in [-0.25, -0.2) is 0 Å². The van der Waals surface area contributed by atoms with Crippen LogP contribution in [0.4, 0.5) is 13.2 Å². The predicted molar refractivity (Wildman–Crippen MR) is 114 cm³/mol. The summed E-state index contributed by atoms with van der Waals surface area (Å²) in [6, 6.07) is -2.04. The number of carbonyl (C=O) groups excluding carboxylic acids is 4. The Morgan fingerprint density at radius 2 is 1.91 bits per heavy atom. The van der Waals surface area contributed by atoms with Gasteiger partial charge in [0.2, 0.25) is 17.7 Å². The smallest absolute Gasteiger partial charge is 0.356 e. The molecule has 3 saturated heterocycles. The summed E-state index contributed by atoms with van der Waals surface area (Å²) >= 11 is 0. The first-order valence-corrected chi connectivity index (χ1v) is 11.8. The summed E-state index contributed by atoms with van der Waals surface area (Å²) in [5.41, 5.74) is -0.170. The molecule has 4 amide bonds. The molecule has 12 heteroatoms. The van der Waals surface area contributed by atoms with Crippen molar-refractivity contribution >= 4 is 23.6 Å². The highest BCUT2D eigenvalue weighted by Crippen LogP contribution is 2.65. The third-order valence-electron chi connectivity index (χ3n) is 8.15. The Morgan fingerprint density at radius 1 is 1.21 bits per heavy atom. The number of amides is 4. The maximum Gasteiger partial charge on any atom is 0.471 e. The maximum absolute atomic E-state index is 13.4. The third-order valence-corrected chi connectivity index (χ3v) is 8.15. The number of hydrogen-bond donors (Lipinski definition) is 3. The lowest BCUT2D eigenvalue weighted by Gasteiger charge is -2.35. The minimum Gasteiger partial charge on any atom is -0.356 e. The number of carbonyl (C=O) groups is 4. The lowest BCUT2D eigenvalue weighted by molar-refractivity contribution is -0.187. The molecule has 0 aromatic rings. The molecule has 0 aromatic carbocycles. The van der Waals surface area contributed by atoms with E-state index in [1.165, 1.54) is 4.90 Å². The van der Waals surface area contributed by atoms with Crippen LogP contribution in [0.2, 0.25) is 0 Å². The highest BCUT2D eigenvalue weighted by Gasteiger charge is 2.70. The first-order valence-electron chi connectivity index (χ1n) is 11.8. The van der Waals surface area contributed by atoms with E-state index in [0.29, 0.717) is 30.7 Å². The van der Waals surface area contributed by atoms with Gasteiger partial charge in [0.1, 0.15) is 12.1 Å². The van der Waals surface area contributed by atoms with Crippen molar-refractivity contribution in [2.45, 2.75) is 64.0 Å². The molecule has 0 radical (unpaired) electrons. The molecule has 3 aliphatic heterocycles. The number of nitrogens with one attached hydrogen (secondary N) is 3. The Hall–Kier alpha value is -2.37. The average Bonchev–Trinajstić information content (AvgIpc) is 3.31. The molecule has 34 heavy (non-hydrogen) atoms. The van der Waals surface area contributed by atoms with Gasteiger partial charge in [0, 0.05) is 25.6 Å². The Labute approximate surface area is 196 Å². The molecule has 6 atom stereocenters. The molecule has 1 saturated carbocycles. The molecular formula is C22H32F3N5O4. The van der Waals surface area contributed by atoms with Crippen molar-refractivity contribution < 1.29 is 32.3 Å². The van der Waals surface area contributed by atoms with Crippen molar-refractivity contribution in [2.24, 2.45) is 23.2 Å². The quantitative estimate of drug-likeness (QED) is 0.464. The summed E-state index contributed by atoms with van der Waals surface area (Å²) in [6.45, 7) is 4.75. The van der Waals surface area contributed by atoms with E-state index >= 15 is 0 Å². The first kappa shape index (κ1) is 24.7. The van der Waals surface area contributed by atoms with Crippen molar-refractivity contribution in [1.29, 1.82) is 0 Å². The molecule has 4 aliphatic rings. The molecule has 3 N–H and O–H groups in total. The fourth-order valence-corrected chi connectivity index (χ4v) is 6.09. The van der Waals surface area contributed by atoms with Gasteiger partial charge in [0.05, 0.1) is 6.17 Å². The Kier molecular flexibility index (Phi) is 6.32. The van der Waals surface area contributed by atoms with Crippen LogP contribution in [0.25, 0.3) is 0 Å². The molecule has 4 rings (SSSR count). The number of halogens is 3. The standard InChI is InChI=1S/C22H32F3N5O4/c1-21(2)12-10-30(19(33)13-5-4-8-29(13)20(34)22(23,24)25)16(15(12)21)18(32)28-14(26-3)9-11-6-7-27-17(11)31/h11-16,26H,4-10H2,1-3H3,(H,27,31)(H,28,32)/t11-,12-,13-,14-,15-,16-/m0/s1. The minimum absolute atomic E-state index is 0.0637. The predicted octanol–water partition coefficient (Wildman–Crippen LogP) is 0.211. The zero-order chi connectivity index (χ0) is 25.0. The van der Waals surface area contributed by atoms with E-state index in [9.17, 15) is 32.3 Å². The second-order valence-electron chi connectivity index (χ2n) is 10.4. The fraction of sp³-hybridized carbons (Fsp3) is 0.818. The summed E-state index contributed by atoms with van der Waals surface area (Å²) in [4.78, 5) is 52.6. The molecule has 4 fully saturated rings. The topological polar surface area (TPSA) is 111 Å². The number of alkyl halides is 3. The van der Waals surface area contributed by atoms with E-state index in [-0.39, 0.29) is 48.6 Å². The monoisotopic (exact) mass is 487 g/mol. The molecule has 1 aliphatic carbocycles. The summed E-state index contributed by atoms with van der Waals surface area (Å²) in [7, 11) is 1.67. The Balaban J connectivity index is 1.49.